The van der Waals surface area contributed by atoms with E-state index in [4.69, 9.17) is 14.8 Å². The first kappa shape index (κ1) is 37.7. The third-order valence-electron chi connectivity index (χ3n) is 6.10. The number of allylic oxidation sites excluding steroid dienone is 5. The van der Waals surface area contributed by atoms with E-state index in [2.05, 4.69) is 30.5 Å². The fourth-order valence-corrected chi connectivity index (χ4v) is 4.62. The van der Waals surface area contributed by atoms with E-state index in [1.807, 2.05) is 13.0 Å². The zero-order valence-electron chi connectivity index (χ0n) is 24.2. The SMILES string of the molecule is C/C=C/CC/C=C/CC/C=C/C(O)C(COP(=O)(O)OCCN)NC(=O)CC(O)CCCCCCCCCC. The Hall–Kier alpha value is -1.32. The fourth-order valence-electron chi connectivity index (χ4n) is 3.86. The number of phosphoric ester groups is 1. The largest absolute Gasteiger partial charge is 0.472 e. The number of hydrogen-bond acceptors (Lipinski definition) is 7. The van der Waals surface area contributed by atoms with Crippen molar-refractivity contribution < 1.29 is 33.5 Å². The van der Waals surface area contributed by atoms with Crippen LogP contribution < -0.4 is 11.1 Å². The second-order valence-corrected chi connectivity index (χ2v) is 11.2. The summed E-state index contributed by atoms with van der Waals surface area (Å²) in [4.78, 5) is 22.4. The van der Waals surface area contributed by atoms with E-state index < -0.39 is 38.6 Å². The highest BCUT2D eigenvalue weighted by atomic mass is 31.2. The molecule has 10 heteroatoms. The van der Waals surface area contributed by atoms with Gasteiger partial charge in [0.15, 0.2) is 0 Å². The van der Waals surface area contributed by atoms with Gasteiger partial charge in [0.05, 0.1) is 37.9 Å². The van der Waals surface area contributed by atoms with Crippen molar-refractivity contribution in [2.75, 3.05) is 19.8 Å². The van der Waals surface area contributed by atoms with Crippen LogP contribution in [0.4, 0.5) is 0 Å². The fraction of sp³-hybridized carbons (Fsp3) is 0.759. The number of phosphoric acid groups is 1. The zero-order valence-corrected chi connectivity index (χ0v) is 25.1. The topological polar surface area (TPSA) is 151 Å². The van der Waals surface area contributed by atoms with Crippen molar-refractivity contribution in [3.63, 3.8) is 0 Å². The second kappa shape index (κ2) is 25.6. The number of nitrogens with one attached hydrogen (secondary N) is 1. The highest BCUT2D eigenvalue weighted by Gasteiger charge is 2.27. The molecule has 228 valence electrons. The zero-order chi connectivity index (χ0) is 29.2. The van der Waals surface area contributed by atoms with Crippen LogP contribution >= 0.6 is 7.82 Å². The van der Waals surface area contributed by atoms with Crippen LogP contribution in [0.15, 0.2) is 36.5 Å². The Balaban J connectivity index is 4.70. The lowest BCUT2D eigenvalue weighted by atomic mass is 10.0. The average Bonchev–Trinajstić information content (AvgIpc) is 2.90. The maximum absolute atomic E-state index is 12.6. The number of hydrogen-bond donors (Lipinski definition) is 5. The van der Waals surface area contributed by atoms with Crippen LogP contribution in [0.5, 0.6) is 0 Å². The molecule has 0 aliphatic heterocycles. The van der Waals surface area contributed by atoms with Crippen LogP contribution in [-0.4, -0.2) is 59.0 Å². The van der Waals surface area contributed by atoms with Crippen molar-refractivity contribution in [3.8, 4) is 0 Å². The van der Waals surface area contributed by atoms with Gasteiger partial charge in [0, 0.05) is 6.54 Å². The lowest BCUT2D eigenvalue weighted by Crippen LogP contribution is -2.46. The lowest BCUT2D eigenvalue weighted by molar-refractivity contribution is -0.124. The molecule has 0 fully saturated rings. The van der Waals surface area contributed by atoms with E-state index in [9.17, 15) is 24.5 Å². The maximum atomic E-state index is 12.6. The minimum absolute atomic E-state index is 0.0416. The van der Waals surface area contributed by atoms with E-state index in [1.165, 1.54) is 38.2 Å². The minimum atomic E-state index is -4.39. The van der Waals surface area contributed by atoms with Gasteiger partial charge < -0.3 is 26.2 Å². The predicted octanol–water partition coefficient (Wildman–Crippen LogP) is 5.46. The Bertz CT molecular complexity index is 730. The van der Waals surface area contributed by atoms with Gasteiger partial charge in [-0.1, -0.05) is 94.7 Å². The summed E-state index contributed by atoms with van der Waals surface area (Å²) < 4.78 is 21.7. The first-order chi connectivity index (χ1) is 18.8. The molecular weight excluding hydrogens is 519 g/mol. The molecule has 4 unspecified atom stereocenters. The smallest absolute Gasteiger partial charge is 0.393 e. The Kier molecular flexibility index (Phi) is 24.8. The van der Waals surface area contributed by atoms with E-state index in [0.29, 0.717) is 12.8 Å². The van der Waals surface area contributed by atoms with Crippen LogP contribution in [0.25, 0.3) is 0 Å². The summed E-state index contributed by atoms with van der Waals surface area (Å²) in [6.07, 6.45) is 22.7. The van der Waals surface area contributed by atoms with Gasteiger partial charge in [-0.25, -0.2) is 4.57 Å². The standard InChI is InChI=1S/C29H55N2O7P/c1-3-5-7-9-11-13-15-17-19-21-28(33)27(25-38-39(35,36)37-23-22-30)31-29(34)24-26(32)20-18-16-14-12-10-8-6-4-2/h3,5,11,13,19,21,26-28,32-33H,4,6-10,12,14-18,20,22-25,30H2,1-2H3,(H,31,34)(H,35,36)/b5-3+,13-11+,21-19+. The molecule has 0 saturated carbocycles. The highest BCUT2D eigenvalue weighted by Crippen LogP contribution is 2.43. The first-order valence-corrected chi connectivity index (χ1v) is 16.2. The molecule has 0 aromatic heterocycles. The van der Waals surface area contributed by atoms with E-state index >= 15 is 0 Å². The summed E-state index contributed by atoms with van der Waals surface area (Å²) in [7, 11) is -4.39. The molecule has 0 heterocycles. The van der Waals surface area contributed by atoms with Crippen LogP contribution in [0.2, 0.25) is 0 Å². The third kappa shape index (κ3) is 24.2. The lowest BCUT2D eigenvalue weighted by Gasteiger charge is -2.24. The molecule has 0 aliphatic rings. The summed E-state index contributed by atoms with van der Waals surface area (Å²) in [5.41, 5.74) is 5.30. The van der Waals surface area contributed by atoms with Crippen molar-refractivity contribution in [3.05, 3.63) is 36.5 Å². The molecule has 9 nitrogen and oxygen atoms in total. The van der Waals surface area contributed by atoms with Crippen LogP contribution in [0.1, 0.15) is 104 Å². The van der Waals surface area contributed by atoms with Gasteiger partial charge in [-0.2, -0.15) is 0 Å². The molecule has 0 aromatic carbocycles. The van der Waals surface area contributed by atoms with Gasteiger partial charge in [0.2, 0.25) is 5.91 Å². The highest BCUT2D eigenvalue weighted by molar-refractivity contribution is 7.47. The molecule has 4 atom stereocenters. The average molecular weight is 575 g/mol. The number of aliphatic hydroxyl groups is 2. The van der Waals surface area contributed by atoms with Gasteiger partial charge in [0.1, 0.15) is 0 Å². The number of rotatable bonds is 26. The van der Waals surface area contributed by atoms with Crippen LogP contribution in [0, 0.1) is 0 Å². The summed E-state index contributed by atoms with van der Waals surface area (Å²) in [5, 5.41) is 23.6. The molecule has 0 radical (unpaired) electrons. The molecule has 6 N–H and O–H groups in total. The molecule has 0 rings (SSSR count). The molecular formula is C29H55N2O7P. The van der Waals surface area contributed by atoms with Crippen molar-refractivity contribution in [2.45, 2.75) is 122 Å². The predicted molar refractivity (Wildman–Crippen MR) is 158 cm³/mol. The van der Waals surface area contributed by atoms with Crippen molar-refractivity contribution in [2.24, 2.45) is 5.73 Å². The minimum Gasteiger partial charge on any atom is -0.393 e. The monoisotopic (exact) mass is 574 g/mol. The number of carbonyl (C=O) groups is 1. The molecule has 1 amide bonds. The van der Waals surface area contributed by atoms with Gasteiger partial charge in [-0.15, -0.1) is 0 Å². The quantitative estimate of drug-likeness (QED) is 0.0519. The maximum Gasteiger partial charge on any atom is 0.472 e. The molecule has 0 spiro atoms. The Labute approximate surface area is 236 Å². The van der Waals surface area contributed by atoms with Crippen LogP contribution in [-0.2, 0) is 18.4 Å². The first-order valence-electron chi connectivity index (χ1n) is 14.7. The number of amides is 1. The number of aliphatic hydroxyl groups excluding tert-OH is 2. The second-order valence-electron chi connectivity index (χ2n) is 9.80. The van der Waals surface area contributed by atoms with Crippen molar-refractivity contribution >= 4 is 13.7 Å². The van der Waals surface area contributed by atoms with Gasteiger partial charge in [0.25, 0.3) is 0 Å². The number of unbranched alkanes of at least 4 members (excludes halogenated alkanes) is 9. The Morgan fingerprint density at radius 2 is 1.51 bits per heavy atom. The van der Waals surface area contributed by atoms with E-state index in [-0.39, 0.29) is 19.6 Å². The van der Waals surface area contributed by atoms with Gasteiger partial charge in [-0.05, 0) is 39.0 Å². The molecule has 0 bridgehead atoms. The Morgan fingerprint density at radius 3 is 2.13 bits per heavy atom. The Morgan fingerprint density at radius 1 is 0.923 bits per heavy atom. The summed E-state index contributed by atoms with van der Waals surface area (Å²) in [5.74, 6) is -0.470. The summed E-state index contributed by atoms with van der Waals surface area (Å²) in [6.45, 7) is 3.61. The van der Waals surface area contributed by atoms with Crippen LogP contribution in [0.3, 0.4) is 0 Å². The molecule has 0 aliphatic carbocycles. The van der Waals surface area contributed by atoms with Gasteiger partial charge >= 0.3 is 7.82 Å². The van der Waals surface area contributed by atoms with Crippen molar-refractivity contribution in [1.29, 1.82) is 0 Å². The third-order valence-corrected chi connectivity index (χ3v) is 7.08. The molecule has 0 saturated heterocycles. The number of nitrogens with two attached hydrogens (primary N) is 1. The summed E-state index contributed by atoms with van der Waals surface area (Å²) >= 11 is 0. The van der Waals surface area contributed by atoms with Crippen molar-refractivity contribution in [1.82, 2.24) is 5.32 Å². The van der Waals surface area contributed by atoms with Gasteiger partial charge in [-0.3, -0.25) is 13.8 Å². The normalized spacial score (nSPS) is 16.2. The summed E-state index contributed by atoms with van der Waals surface area (Å²) in [6, 6.07) is -0.998. The van der Waals surface area contributed by atoms with E-state index in [1.54, 1.807) is 6.08 Å². The number of carbonyl (C=O) groups excluding carboxylic acids is 1. The molecule has 0 aromatic rings. The molecule has 39 heavy (non-hydrogen) atoms. The van der Waals surface area contributed by atoms with E-state index in [0.717, 1.165) is 38.5 Å².